The van der Waals surface area contributed by atoms with Crippen molar-refractivity contribution in [1.29, 1.82) is 0 Å². The quantitative estimate of drug-likeness (QED) is 0.814. The van der Waals surface area contributed by atoms with Gasteiger partial charge in [-0.25, -0.2) is 4.39 Å². The number of halogens is 2. The number of ether oxygens (including phenoxy) is 1. The fraction of sp³-hybridized carbons (Fsp3) is 0.0769. The summed E-state index contributed by atoms with van der Waals surface area (Å²) in [4.78, 5) is 0. The Hall–Kier alpha value is -1.74. The Morgan fingerprint density at radius 3 is 2.59 bits per heavy atom. The molecule has 4 heteroatoms. The highest BCUT2D eigenvalue weighted by Crippen LogP contribution is 2.32. The summed E-state index contributed by atoms with van der Waals surface area (Å²) in [6.07, 6.45) is 0. The van der Waals surface area contributed by atoms with Crippen LogP contribution in [-0.4, -0.2) is 0 Å². The molecule has 0 radical (unpaired) electrons. The molecule has 0 atom stereocenters. The van der Waals surface area contributed by atoms with E-state index in [-0.39, 0.29) is 10.8 Å². The van der Waals surface area contributed by atoms with Crippen LogP contribution in [0, 0.1) is 12.7 Å². The van der Waals surface area contributed by atoms with Crippen LogP contribution < -0.4 is 10.5 Å². The molecular formula is C13H11ClFNO. The molecule has 0 spiro atoms. The monoisotopic (exact) mass is 251 g/mol. The first-order valence-corrected chi connectivity index (χ1v) is 5.43. The minimum Gasteiger partial charge on any atom is -0.455 e. The van der Waals surface area contributed by atoms with Gasteiger partial charge in [-0.3, -0.25) is 0 Å². The predicted octanol–water partition coefficient (Wildman–Crippen LogP) is 4.16. The third-order valence-electron chi connectivity index (χ3n) is 2.37. The Bertz CT molecular complexity index is 557. The van der Waals surface area contributed by atoms with Crippen LogP contribution in [0.4, 0.5) is 10.1 Å². The van der Waals surface area contributed by atoms with Crippen molar-refractivity contribution in [3.05, 3.63) is 52.8 Å². The molecule has 0 heterocycles. The Labute approximate surface area is 104 Å². The smallest absolute Gasteiger partial charge is 0.153 e. The second-order valence-corrected chi connectivity index (χ2v) is 4.08. The highest BCUT2D eigenvalue weighted by molar-refractivity contribution is 6.31. The van der Waals surface area contributed by atoms with Crippen LogP contribution in [0.15, 0.2) is 36.4 Å². The average Bonchev–Trinajstić information content (AvgIpc) is 2.29. The zero-order valence-corrected chi connectivity index (χ0v) is 9.96. The van der Waals surface area contributed by atoms with Crippen LogP contribution in [0.3, 0.4) is 0 Å². The maximum atomic E-state index is 13.3. The molecule has 0 aliphatic carbocycles. The SMILES string of the molecule is Cc1ccccc1Oc1cc(F)c(Cl)cc1N. The van der Waals surface area contributed by atoms with E-state index in [1.165, 1.54) is 12.1 Å². The molecule has 88 valence electrons. The molecule has 0 saturated carbocycles. The summed E-state index contributed by atoms with van der Waals surface area (Å²) < 4.78 is 18.8. The van der Waals surface area contributed by atoms with Crippen LogP contribution >= 0.6 is 11.6 Å². The molecule has 0 fully saturated rings. The molecule has 2 N–H and O–H groups in total. The molecule has 0 aliphatic rings. The van der Waals surface area contributed by atoms with Crippen molar-refractivity contribution in [3.63, 3.8) is 0 Å². The molecular weight excluding hydrogens is 241 g/mol. The Balaban J connectivity index is 2.37. The molecule has 2 aromatic rings. The highest BCUT2D eigenvalue weighted by Gasteiger charge is 2.09. The summed E-state index contributed by atoms with van der Waals surface area (Å²) >= 11 is 5.61. The van der Waals surface area contributed by atoms with Crippen LogP contribution in [-0.2, 0) is 0 Å². The third-order valence-corrected chi connectivity index (χ3v) is 2.66. The zero-order valence-electron chi connectivity index (χ0n) is 9.21. The van der Waals surface area contributed by atoms with Crippen LogP contribution in [0.5, 0.6) is 11.5 Å². The molecule has 2 nitrogen and oxygen atoms in total. The standard InChI is InChI=1S/C13H11ClFNO/c1-8-4-2-3-5-12(8)17-13-7-10(15)9(14)6-11(13)16/h2-7H,16H2,1H3. The molecule has 0 aromatic heterocycles. The fourth-order valence-corrected chi connectivity index (χ4v) is 1.59. The van der Waals surface area contributed by atoms with E-state index in [9.17, 15) is 4.39 Å². The Morgan fingerprint density at radius 2 is 1.88 bits per heavy atom. The van der Waals surface area contributed by atoms with Gasteiger partial charge in [-0.1, -0.05) is 29.8 Å². The maximum Gasteiger partial charge on any atom is 0.153 e. The van der Waals surface area contributed by atoms with E-state index >= 15 is 0 Å². The van der Waals surface area contributed by atoms with Gasteiger partial charge in [0.1, 0.15) is 11.6 Å². The summed E-state index contributed by atoms with van der Waals surface area (Å²) in [6, 6.07) is 9.95. The lowest BCUT2D eigenvalue weighted by atomic mass is 10.2. The number of anilines is 1. The van der Waals surface area contributed by atoms with Gasteiger partial charge in [-0.05, 0) is 24.6 Å². The molecule has 0 bridgehead atoms. The fourth-order valence-electron chi connectivity index (χ4n) is 1.42. The van der Waals surface area contributed by atoms with Crippen molar-refractivity contribution in [2.45, 2.75) is 6.92 Å². The molecule has 0 unspecified atom stereocenters. The van der Waals surface area contributed by atoms with E-state index < -0.39 is 5.82 Å². The van der Waals surface area contributed by atoms with Gasteiger partial charge in [0.25, 0.3) is 0 Å². The van der Waals surface area contributed by atoms with E-state index in [4.69, 9.17) is 22.1 Å². The topological polar surface area (TPSA) is 35.2 Å². The first-order chi connectivity index (χ1) is 8.08. The van der Waals surface area contributed by atoms with E-state index in [0.717, 1.165) is 5.56 Å². The van der Waals surface area contributed by atoms with Crippen molar-refractivity contribution in [2.24, 2.45) is 0 Å². The van der Waals surface area contributed by atoms with E-state index in [2.05, 4.69) is 0 Å². The number of para-hydroxylation sites is 1. The average molecular weight is 252 g/mol. The van der Waals surface area contributed by atoms with Gasteiger partial charge >= 0.3 is 0 Å². The lowest BCUT2D eigenvalue weighted by Crippen LogP contribution is -1.95. The van der Waals surface area contributed by atoms with Gasteiger partial charge in [-0.2, -0.15) is 0 Å². The first-order valence-electron chi connectivity index (χ1n) is 5.06. The summed E-state index contributed by atoms with van der Waals surface area (Å²) in [7, 11) is 0. The van der Waals surface area contributed by atoms with Crippen molar-refractivity contribution in [2.75, 3.05) is 5.73 Å². The number of hydrogen-bond acceptors (Lipinski definition) is 2. The number of nitrogens with two attached hydrogens (primary N) is 1. The summed E-state index contributed by atoms with van der Waals surface area (Å²) in [6.45, 7) is 1.90. The minimum absolute atomic E-state index is 0.0142. The molecule has 2 rings (SSSR count). The van der Waals surface area contributed by atoms with E-state index in [0.29, 0.717) is 11.4 Å². The van der Waals surface area contributed by atoms with Gasteiger partial charge < -0.3 is 10.5 Å². The van der Waals surface area contributed by atoms with Gasteiger partial charge in [0.2, 0.25) is 0 Å². The number of benzene rings is 2. The number of nitrogen functional groups attached to an aromatic ring is 1. The number of aryl methyl sites for hydroxylation is 1. The maximum absolute atomic E-state index is 13.3. The number of hydrogen-bond donors (Lipinski definition) is 1. The lowest BCUT2D eigenvalue weighted by Gasteiger charge is -2.11. The normalized spacial score (nSPS) is 10.3. The lowest BCUT2D eigenvalue weighted by molar-refractivity contribution is 0.475. The zero-order chi connectivity index (χ0) is 12.4. The van der Waals surface area contributed by atoms with Gasteiger partial charge in [-0.15, -0.1) is 0 Å². The number of rotatable bonds is 2. The predicted molar refractivity (Wildman–Crippen MR) is 67.1 cm³/mol. The van der Waals surface area contributed by atoms with Crippen molar-refractivity contribution < 1.29 is 9.13 Å². The molecule has 2 aromatic carbocycles. The summed E-state index contributed by atoms with van der Waals surface area (Å²) in [5.74, 6) is 0.353. The van der Waals surface area contributed by atoms with Crippen LogP contribution in [0.2, 0.25) is 5.02 Å². The second-order valence-electron chi connectivity index (χ2n) is 3.67. The molecule has 0 amide bonds. The Morgan fingerprint density at radius 1 is 1.18 bits per heavy atom. The largest absolute Gasteiger partial charge is 0.455 e. The highest BCUT2D eigenvalue weighted by atomic mass is 35.5. The van der Waals surface area contributed by atoms with Crippen LogP contribution in [0.1, 0.15) is 5.56 Å². The Kier molecular flexibility index (Phi) is 3.20. The second kappa shape index (κ2) is 4.63. The van der Waals surface area contributed by atoms with Crippen molar-refractivity contribution in [3.8, 4) is 11.5 Å². The van der Waals surface area contributed by atoms with Gasteiger partial charge in [0.15, 0.2) is 5.75 Å². The summed E-state index contributed by atoms with van der Waals surface area (Å²) in [5, 5.41) is -0.0142. The molecule has 17 heavy (non-hydrogen) atoms. The minimum atomic E-state index is -0.551. The first kappa shape index (κ1) is 11.7. The molecule has 0 saturated heterocycles. The van der Waals surface area contributed by atoms with Crippen molar-refractivity contribution >= 4 is 17.3 Å². The van der Waals surface area contributed by atoms with Crippen LogP contribution in [0.25, 0.3) is 0 Å². The van der Waals surface area contributed by atoms with E-state index in [1.807, 2.05) is 25.1 Å². The molecule has 0 aliphatic heterocycles. The summed E-state index contributed by atoms with van der Waals surface area (Å²) in [5.41, 5.74) is 6.96. The third kappa shape index (κ3) is 2.50. The van der Waals surface area contributed by atoms with Gasteiger partial charge in [0, 0.05) is 6.07 Å². The van der Waals surface area contributed by atoms with E-state index in [1.54, 1.807) is 6.07 Å². The van der Waals surface area contributed by atoms with Gasteiger partial charge in [0.05, 0.1) is 10.7 Å². The van der Waals surface area contributed by atoms with Crippen molar-refractivity contribution in [1.82, 2.24) is 0 Å².